The van der Waals surface area contributed by atoms with Gasteiger partial charge in [-0.2, -0.15) is 0 Å². The van der Waals surface area contributed by atoms with Crippen LogP contribution in [-0.2, 0) is 7.05 Å². The van der Waals surface area contributed by atoms with Gasteiger partial charge in [0.15, 0.2) is 5.76 Å². The molecule has 0 aliphatic rings. The maximum atomic E-state index is 12.1. The predicted octanol–water partition coefficient (Wildman–Crippen LogP) is 2.56. The van der Waals surface area contributed by atoms with Gasteiger partial charge in [-0.25, -0.2) is 0 Å². The van der Waals surface area contributed by atoms with Crippen LogP contribution in [0.1, 0.15) is 42.1 Å². The van der Waals surface area contributed by atoms with Crippen LogP contribution in [0.15, 0.2) is 4.42 Å². The van der Waals surface area contributed by atoms with Crippen LogP contribution < -0.4 is 5.32 Å². The molecule has 0 spiro atoms. The number of nitrogens with zero attached hydrogens (tertiary/aromatic N) is 2. The van der Waals surface area contributed by atoms with Crippen LogP contribution in [0, 0.1) is 19.8 Å². The molecule has 5 nitrogen and oxygen atoms in total. The first-order valence-corrected chi connectivity index (χ1v) is 6.62. The van der Waals surface area contributed by atoms with Crippen molar-refractivity contribution < 1.29 is 9.21 Å². The first-order chi connectivity index (χ1) is 8.91. The summed E-state index contributed by atoms with van der Waals surface area (Å²) in [5, 5.41) is 8.08. The van der Waals surface area contributed by atoms with Crippen molar-refractivity contribution in [2.75, 3.05) is 6.54 Å². The van der Waals surface area contributed by atoms with Gasteiger partial charge >= 0.3 is 0 Å². The van der Waals surface area contributed by atoms with E-state index in [4.69, 9.17) is 4.42 Å². The molecule has 19 heavy (non-hydrogen) atoms. The van der Waals surface area contributed by atoms with E-state index in [1.54, 1.807) is 4.68 Å². The molecule has 0 saturated carbocycles. The Morgan fingerprint density at radius 2 is 2.11 bits per heavy atom. The summed E-state index contributed by atoms with van der Waals surface area (Å²) in [6.45, 7) is 8.80. The Bertz CT molecular complexity index is 608. The average Bonchev–Trinajstić information content (AvgIpc) is 2.78. The Balaban J connectivity index is 2.21. The maximum absolute atomic E-state index is 12.1. The van der Waals surface area contributed by atoms with Gasteiger partial charge in [0.1, 0.15) is 0 Å². The number of hydrogen-bond acceptors (Lipinski definition) is 3. The molecule has 0 radical (unpaired) electrons. The molecule has 0 unspecified atom stereocenters. The molecule has 2 aromatic rings. The highest BCUT2D eigenvalue weighted by Crippen LogP contribution is 2.27. The third-order valence-corrected chi connectivity index (χ3v) is 3.43. The fourth-order valence-corrected chi connectivity index (χ4v) is 2.14. The quantitative estimate of drug-likeness (QED) is 0.922. The Labute approximate surface area is 113 Å². The molecule has 2 aromatic heterocycles. The summed E-state index contributed by atoms with van der Waals surface area (Å²) in [5.41, 5.74) is 2.41. The van der Waals surface area contributed by atoms with Crippen LogP contribution in [0.3, 0.4) is 0 Å². The molecule has 0 aliphatic carbocycles. The largest absolute Gasteiger partial charge is 0.431 e. The SMILES string of the molecule is Cc1c(C(=O)NCCC(C)C)oc2nn(C)c(C)c12. The number of rotatable bonds is 4. The normalized spacial score (nSPS) is 11.5. The van der Waals surface area contributed by atoms with Gasteiger partial charge in [0.25, 0.3) is 5.91 Å². The minimum Gasteiger partial charge on any atom is -0.431 e. The van der Waals surface area contributed by atoms with Gasteiger partial charge in [-0.3, -0.25) is 9.48 Å². The number of furan rings is 1. The molecule has 2 heterocycles. The summed E-state index contributed by atoms with van der Waals surface area (Å²) in [6.07, 6.45) is 0.962. The highest BCUT2D eigenvalue weighted by atomic mass is 16.4. The second-order valence-corrected chi connectivity index (χ2v) is 5.38. The lowest BCUT2D eigenvalue weighted by Crippen LogP contribution is -2.25. The van der Waals surface area contributed by atoms with Crippen LogP contribution in [-0.4, -0.2) is 22.2 Å². The molecule has 0 bridgehead atoms. The van der Waals surface area contributed by atoms with Gasteiger partial charge in [0, 0.05) is 24.8 Å². The van der Waals surface area contributed by atoms with Crippen LogP contribution in [0.25, 0.3) is 11.1 Å². The van der Waals surface area contributed by atoms with Gasteiger partial charge in [0.2, 0.25) is 5.71 Å². The number of hydrogen-bond donors (Lipinski definition) is 1. The highest BCUT2D eigenvalue weighted by Gasteiger charge is 2.21. The molecule has 104 valence electrons. The first-order valence-electron chi connectivity index (χ1n) is 6.62. The second-order valence-electron chi connectivity index (χ2n) is 5.38. The first kappa shape index (κ1) is 13.6. The molecule has 0 aromatic carbocycles. The zero-order valence-corrected chi connectivity index (χ0v) is 12.2. The summed E-state index contributed by atoms with van der Waals surface area (Å²) >= 11 is 0. The summed E-state index contributed by atoms with van der Waals surface area (Å²) in [6, 6.07) is 0. The van der Waals surface area contributed by atoms with Crippen LogP contribution in [0.2, 0.25) is 0 Å². The van der Waals surface area contributed by atoms with E-state index in [0.717, 1.165) is 23.1 Å². The van der Waals surface area contributed by atoms with E-state index in [9.17, 15) is 4.79 Å². The standard InChI is InChI=1S/C14H21N3O2/c1-8(2)6-7-15-13(18)12-9(3)11-10(4)17(5)16-14(11)19-12/h8H,6-7H2,1-5H3,(H,15,18). The molecule has 1 amide bonds. The minimum atomic E-state index is -0.154. The van der Waals surface area contributed by atoms with Gasteiger partial charge in [-0.1, -0.05) is 13.8 Å². The van der Waals surface area contributed by atoms with Gasteiger partial charge in [0.05, 0.1) is 5.39 Å². The van der Waals surface area contributed by atoms with Gasteiger partial charge in [-0.05, 0) is 26.2 Å². The van der Waals surface area contributed by atoms with E-state index in [0.29, 0.717) is 23.9 Å². The van der Waals surface area contributed by atoms with Crippen molar-refractivity contribution in [3.05, 3.63) is 17.0 Å². The zero-order valence-electron chi connectivity index (χ0n) is 12.2. The van der Waals surface area contributed by atoms with E-state index in [-0.39, 0.29) is 5.91 Å². The number of fused-ring (bicyclic) bond motifs is 1. The van der Waals surface area contributed by atoms with Crippen molar-refractivity contribution in [1.29, 1.82) is 0 Å². The minimum absolute atomic E-state index is 0.154. The number of amides is 1. The van der Waals surface area contributed by atoms with E-state index in [1.807, 2.05) is 20.9 Å². The molecule has 5 heteroatoms. The van der Waals surface area contributed by atoms with Crippen LogP contribution >= 0.6 is 0 Å². The van der Waals surface area contributed by atoms with Crippen LogP contribution in [0.4, 0.5) is 0 Å². The number of carbonyl (C=O) groups is 1. The molecule has 0 aliphatic heterocycles. The van der Waals surface area contributed by atoms with E-state index in [1.165, 1.54) is 0 Å². The topological polar surface area (TPSA) is 60.1 Å². The second kappa shape index (κ2) is 5.07. The summed E-state index contributed by atoms with van der Waals surface area (Å²) in [5.74, 6) is 0.797. The van der Waals surface area contributed by atoms with Crippen molar-refractivity contribution in [3.63, 3.8) is 0 Å². The number of aromatic nitrogens is 2. The lowest BCUT2D eigenvalue weighted by Gasteiger charge is -2.06. The smallest absolute Gasteiger partial charge is 0.287 e. The summed E-state index contributed by atoms with van der Waals surface area (Å²) < 4.78 is 7.34. The molecule has 2 rings (SSSR count). The molecule has 1 N–H and O–H groups in total. The summed E-state index contributed by atoms with van der Waals surface area (Å²) in [7, 11) is 1.87. The monoisotopic (exact) mass is 263 g/mol. The van der Waals surface area contributed by atoms with Crippen LogP contribution in [0.5, 0.6) is 0 Å². The predicted molar refractivity (Wildman–Crippen MR) is 74.2 cm³/mol. The number of carbonyl (C=O) groups excluding carboxylic acids is 1. The van der Waals surface area contributed by atoms with Crippen molar-refractivity contribution in [2.45, 2.75) is 34.1 Å². The Kier molecular flexibility index (Phi) is 3.64. The number of aryl methyl sites for hydroxylation is 3. The molecule has 0 saturated heterocycles. The van der Waals surface area contributed by atoms with E-state index in [2.05, 4.69) is 24.3 Å². The fourth-order valence-electron chi connectivity index (χ4n) is 2.14. The lowest BCUT2D eigenvalue weighted by atomic mass is 10.1. The van der Waals surface area contributed by atoms with E-state index >= 15 is 0 Å². The molecular weight excluding hydrogens is 242 g/mol. The van der Waals surface area contributed by atoms with E-state index < -0.39 is 0 Å². The third kappa shape index (κ3) is 2.50. The fraction of sp³-hybridized carbons (Fsp3) is 0.571. The van der Waals surface area contributed by atoms with Gasteiger partial charge < -0.3 is 9.73 Å². The molecule has 0 fully saturated rings. The molecular formula is C14H21N3O2. The van der Waals surface area contributed by atoms with Crippen molar-refractivity contribution in [3.8, 4) is 0 Å². The highest BCUT2D eigenvalue weighted by molar-refractivity contribution is 5.98. The number of nitrogens with one attached hydrogen (secondary N) is 1. The Morgan fingerprint density at radius 1 is 1.42 bits per heavy atom. The van der Waals surface area contributed by atoms with Crippen molar-refractivity contribution >= 4 is 17.0 Å². The zero-order chi connectivity index (χ0) is 14.2. The lowest BCUT2D eigenvalue weighted by molar-refractivity contribution is 0.0925. The average molecular weight is 263 g/mol. The van der Waals surface area contributed by atoms with Crippen molar-refractivity contribution in [2.24, 2.45) is 13.0 Å². The van der Waals surface area contributed by atoms with Crippen molar-refractivity contribution in [1.82, 2.24) is 15.1 Å². The Morgan fingerprint density at radius 3 is 2.68 bits per heavy atom. The molecule has 0 atom stereocenters. The Hall–Kier alpha value is -1.78. The maximum Gasteiger partial charge on any atom is 0.287 e. The third-order valence-electron chi connectivity index (χ3n) is 3.43. The summed E-state index contributed by atoms with van der Waals surface area (Å²) in [4.78, 5) is 12.1. The van der Waals surface area contributed by atoms with Gasteiger partial charge in [-0.15, -0.1) is 5.10 Å².